The number of halogens is 2. The third-order valence-electron chi connectivity index (χ3n) is 3.91. The van der Waals surface area contributed by atoms with Crippen LogP contribution in [0.3, 0.4) is 0 Å². The predicted octanol–water partition coefficient (Wildman–Crippen LogP) is 4.25. The lowest BCUT2D eigenvalue weighted by molar-refractivity contribution is -0.120. The van der Waals surface area contributed by atoms with Gasteiger partial charge in [-0.05, 0) is 50.2 Å². The highest BCUT2D eigenvalue weighted by Gasteiger charge is 2.19. The number of carbonyl (C=O) groups is 1. The molecule has 0 heterocycles. The molecule has 0 saturated carbocycles. The van der Waals surface area contributed by atoms with E-state index in [1.807, 2.05) is 50.1 Å². The van der Waals surface area contributed by atoms with Gasteiger partial charge in [0.25, 0.3) is 0 Å². The molecule has 23 heavy (non-hydrogen) atoms. The third kappa shape index (κ3) is 4.53. The summed E-state index contributed by atoms with van der Waals surface area (Å²) in [5, 5.41) is 2.93. The number of rotatable bonds is 5. The molecule has 0 aliphatic carbocycles. The Morgan fingerprint density at radius 2 is 2.00 bits per heavy atom. The van der Waals surface area contributed by atoms with E-state index in [9.17, 15) is 9.18 Å². The molecule has 0 fully saturated rings. The zero-order valence-corrected chi connectivity index (χ0v) is 14.2. The summed E-state index contributed by atoms with van der Waals surface area (Å²) in [5.74, 6) is -0.618. The average Bonchev–Trinajstić information content (AvgIpc) is 2.51. The van der Waals surface area contributed by atoms with Crippen LogP contribution in [0.1, 0.15) is 18.1 Å². The van der Waals surface area contributed by atoms with Crippen molar-refractivity contribution < 1.29 is 9.18 Å². The van der Waals surface area contributed by atoms with Crippen LogP contribution >= 0.6 is 11.6 Å². The molecule has 0 saturated heterocycles. The van der Waals surface area contributed by atoms with Gasteiger partial charge in [-0.2, -0.15) is 0 Å². The first-order chi connectivity index (χ1) is 10.9. The first-order valence-electron chi connectivity index (χ1n) is 7.39. The van der Waals surface area contributed by atoms with Gasteiger partial charge in [0.2, 0.25) is 5.91 Å². The Kier molecular flexibility index (Phi) is 5.74. The zero-order valence-electron chi connectivity index (χ0n) is 13.4. The van der Waals surface area contributed by atoms with Gasteiger partial charge in [-0.15, -0.1) is 0 Å². The molecule has 0 spiro atoms. The maximum absolute atomic E-state index is 13.0. The van der Waals surface area contributed by atoms with Crippen molar-refractivity contribution in [2.45, 2.75) is 26.4 Å². The minimum absolute atomic E-state index is 0.186. The Bertz CT molecular complexity index is 705. The van der Waals surface area contributed by atoms with Crippen molar-refractivity contribution in [1.29, 1.82) is 0 Å². The van der Waals surface area contributed by atoms with E-state index in [1.54, 1.807) is 0 Å². The van der Waals surface area contributed by atoms with Crippen molar-refractivity contribution in [2.24, 2.45) is 0 Å². The van der Waals surface area contributed by atoms with E-state index in [0.29, 0.717) is 12.2 Å². The lowest BCUT2D eigenvalue weighted by Gasteiger charge is -2.24. The first-order valence-corrected chi connectivity index (χ1v) is 7.77. The molecule has 0 bridgehead atoms. The number of anilines is 1. The lowest BCUT2D eigenvalue weighted by Crippen LogP contribution is -2.39. The molecular weight excluding hydrogens is 315 g/mol. The molecule has 5 heteroatoms. The zero-order chi connectivity index (χ0) is 17.0. The number of amides is 1. The molecule has 0 aliphatic heterocycles. The summed E-state index contributed by atoms with van der Waals surface area (Å²) in [4.78, 5) is 14.3. The molecule has 2 aromatic carbocycles. The van der Waals surface area contributed by atoms with Crippen molar-refractivity contribution >= 4 is 23.2 Å². The number of benzene rings is 2. The summed E-state index contributed by atoms with van der Waals surface area (Å²) in [6.45, 7) is 4.54. The molecule has 0 aromatic heterocycles. The van der Waals surface area contributed by atoms with Gasteiger partial charge in [-0.25, -0.2) is 4.39 Å². The van der Waals surface area contributed by atoms with E-state index in [4.69, 9.17) is 11.6 Å². The summed E-state index contributed by atoms with van der Waals surface area (Å²) in [7, 11) is 1.89. The van der Waals surface area contributed by atoms with Gasteiger partial charge >= 0.3 is 0 Å². The maximum atomic E-state index is 13.0. The number of carbonyl (C=O) groups excluding carboxylic acids is 1. The monoisotopic (exact) mass is 334 g/mol. The first kappa shape index (κ1) is 17.4. The van der Waals surface area contributed by atoms with Crippen LogP contribution in [0.15, 0.2) is 42.5 Å². The van der Waals surface area contributed by atoms with Crippen molar-refractivity contribution in [3.8, 4) is 0 Å². The molecule has 1 amide bonds. The molecule has 0 radical (unpaired) electrons. The van der Waals surface area contributed by atoms with Gasteiger partial charge in [0.15, 0.2) is 0 Å². The van der Waals surface area contributed by atoms with Gasteiger partial charge < -0.3 is 5.32 Å². The fourth-order valence-corrected chi connectivity index (χ4v) is 2.44. The molecule has 2 aromatic rings. The van der Waals surface area contributed by atoms with Crippen LogP contribution < -0.4 is 5.32 Å². The number of hydrogen-bond donors (Lipinski definition) is 1. The second-order valence-corrected chi connectivity index (χ2v) is 6.04. The number of hydrogen-bond acceptors (Lipinski definition) is 2. The molecule has 0 aliphatic rings. The topological polar surface area (TPSA) is 32.3 Å². The summed E-state index contributed by atoms with van der Waals surface area (Å²) in [5.41, 5.74) is 2.78. The Balaban J connectivity index is 2.02. The SMILES string of the molecule is Cc1ccccc1CN(C)[C@H](C)C(=O)Nc1ccc(F)cc1Cl. The van der Waals surface area contributed by atoms with Crippen LogP contribution in [0.4, 0.5) is 10.1 Å². The highest BCUT2D eigenvalue weighted by Crippen LogP contribution is 2.23. The van der Waals surface area contributed by atoms with Crippen LogP contribution in [0.5, 0.6) is 0 Å². The summed E-state index contributed by atoms with van der Waals surface area (Å²) in [6.07, 6.45) is 0. The lowest BCUT2D eigenvalue weighted by atomic mass is 10.1. The number of likely N-dealkylation sites (N-methyl/N-ethyl adjacent to an activating group) is 1. The van der Waals surface area contributed by atoms with Crippen molar-refractivity contribution in [2.75, 3.05) is 12.4 Å². The van der Waals surface area contributed by atoms with Gasteiger partial charge in [-0.1, -0.05) is 35.9 Å². The third-order valence-corrected chi connectivity index (χ3v) is 4.22. The summed E-state index contributed by atoms with van der Waals surface area (Å²) in [6, 6.07) is 11.6. The molecule has 0 unspecified atom stereocenters. The quantitative estimate of drug-likeness (QED) is 0.886. The fraction of sp³-hybridized carbons (Fsp3) is 0.278. The number of nitrogens with zero attached hydrogens (tertiary/aromatic N) is 1. The predicted molar refractivity (Wildman–Crippen MR) is 92.1 cm³/mol. The second-order valence-electron chi connectivity index (χ2n) is 5.63. The number of nitrogens with one attached hydrogen (secondary N) is 1. The molecule has 122 valence electrons. The van der Waals surface area contributed by atoms with E-state index >= 15 is 0 Å². The standard InChI is InChI=1S/C18H20ClFN2O/c1-12-6-4-5-7-14(12)11-22(3)13(2)18(23)21-17-9-8-15(20)10-16(17)19/h4-10,13H,11H2,1-3H3,(H,21,23)/t13-/m1/s1. The minimum atomic E-state index is -0.433. The van der Waals surface area contributed by atoms with Gasteiger partial charge in [0.05, 0.1) is 16.8 Å². The molecule has 3 nitrogen and oxygen atoms in total. The van der Waals surface area contributed by atoms with E-state index in [2.05, 4.69) is 5.32 Å². The fourth-order valence-electron chi connectivity index (χ4n) is 2.22. The van der Waals surface area contributed by atoms with E-state index in [1.165, 1.54) is 29.3 Å². The highest BCUT2D eigenvalue weighted by atomic mass is 35.5. The van der Waals surface area contributed by atoms with Gasteiger partial charge in [0, 0.05) is 6.54 Å². The molecular formula is C18H20ClFN2O. The molecule has 1 atom stereocenters. The Morgan fingerprint density at radius 3 is 2.65 bits per heavy atom. The van der Waals surface area contributed by atoms with E-state index < -0.39 is 5.82 Å². The highest BCUT2D eigenvalue weighted by molar-refractivity contribution is 6.33. The van der Waals surface area contributed by atoms with Crippen LogP contribution in [0, 0.1) is 12.7 Å². The Hall–Kier alpha value is -1.91. The largest absolute Gasteiger partial charge is 0.323 e. The van der Waals surface area contributed by atoms with Crippen LogP contribution in [-0.2, 0) is 11.3 Å². The smallest absolute Gasteiger partial charge is 0.241 e. The van der Waals surface area contributed by atoms with Crippen molar-refractivity contribution in [3.63, 3.8) is 0 Å². The van der Waals surface area contributed by atoms with Gasteiger partial charge in [-0.3, -0.25) is 9.69 Å². The summed E-state index contributed by atoms with van der Waals surface area (Å²) < 4.78 is 13.0. The Morgan fingerprint density at radius 1 is 1.30 bits per heavy atom. The normalized spacial score (nSPS) is 12.3. The van der Waals surface area contributed by atoms with Crippen molar-refractivity contribution in [3.05, 3.63) is 64.4 Å². The van der Waals surface area contributed by atoms with Crippen molar-refractivity contribution in [1.82, 2.24) is 4.90 Å². The molecule has 2 rings (SSSR count). The van der Waals surface area contributed by atoms with Crippen LogP contribution in [-0.4, -0.2) is 23.9 Å². The Labute approximate surface area is 141 Å². The number of aryl methyl sites for hydroxylation is 1. The van der Waals surface area contributed by atoms with Crippen LogP contribution in [0.2, 0.25) is 5.02 Å². The maximum Gasteiger partial charge on any atom is 0.241 e. The van der Waals surface area contributed by atoms with Crippen LogP contribution in [0.25, 0.3) is 0 Å². The minimum Gasteiger partial charge on any atom is -0.323 e. The second kappa shape index (κ2) is 7.57. The van der Waals surface area contributed by atoms with Gasteiger partial charge in [0.1, 0.15) is 5.82 Å². The average molecular weight is 335 g/mol. The molecule has 1 N–H and O–H groups in total. The summed E-state index contributed by atoms with van der Waals surface area (Å²) >= 11 is 5.94. The van der Waals surface area contributed by atoms with E-state index in [0.717, 1.165) is 0 Å². The van der Waals surface area contributed by atoms with E-state index in [-0.39, 0.29) is 17.0 Å².